The lowest BCUT2D eigenvalue weighted by Crippen LogP contribution is -2.13. The lowest BCUT2D eigenvalue weighted by molar-refractivity contribution is 0.0697. The molecule has 0 aromatic heterocycles. The quantitative estimate of drug-likeness (QED) is 0.749. The molecule has 0 atom stereocenters. The van der Waals surface area contributed by atoms with Crippen molar-refractivity contribution < 1.29 is 15.0 Å². The first-order chi connectivity index (χ1) is 10.1. The number of carboxylic acids is 1. The van der Waals surface area contributed by atoms with Crippen LogP contribution in [0.5, 0.6) is 0 Å². The molecule has 3 N–H and O–H groups in total. The second-order valence-electron chi connectivity index (χ2n) is 4.69. The Kier molecular flexibility index (Phi) is 5.50. The molecule has 0 spiro atoms. The van der Waals surface area contributed by atoms with Gasteiger partial charge in [-0.1, -0.05) is 46.3 Å². The van der Waals surface area contributed by atoms with E-state index in [1.807, 2.05) is 24.3 Å². The van der Waals surface area contributed by atoms with Crippen LogP contribution in [0.3, 0.4) is 0 Å². The fourth-order valence-electron chi connectivity index (χ4n) is 1.93. The summed E-state index contributed by atoms with van der Waals surface area (Å²) in [5.41, 5.74) is 3.30. The molecule has 110 valence electrons. The Morgan fingerprint density at radius 1 is 1.05 bits per heavy atom. The summed E-state index contributed by atoms with van der Waals surface area (Å²) in [5, 5.41) is 21.2. The molecular formula is C16H16BrNO3. The van der Waals surface area contributed by atoms with Crippen molar-refractivity contribution in [3.63, 3.8) is 0 Å². The average Bonchev–Trinajstić information content (AvgIpc) is 2.49. The fourth-order valence-corrected chi connectivity index (χ4v) is 2.45. The Balaban J connectivity index is 1.92. The lowest BCUT2D eigenvalue weighted by atomic mass is 10.1. The number of rotatable bonds is 6. The maximum Gasteiger partial charge on any atom is 0.335 e. The number of nitrogens with one attached hydrogen (secondary N) is 1. The second-order valence-corrected chi connectivity index (χ2v) is 5.54. The van der Waals surface area contributed by atoms with E-state index in [-0.39, 0.29) is 12.2 Å². The van der Waals surface area contributed by atoms with Gasteiger partial charge in [0, 0.05) is 17.6 Å². The fraction of sp³-hybridized carbons (Fsp3) is 0.188. The number of hydrogen-bond acceptors (Lipinski definition) is 3. The van der Waals surface area contributed by atoms with Crippen molar-refractivity contribution in [2.45, 2.75) is 19.7 Å². The molecule has 21 heavy (non-hydrogen) atoms. The van der Waals surface area contributed by atoms with Crippen LogP contribution in [0, 0.1) is 0 Å². The minimum absolute atomic E-state index is 0.0522. The highest BCUT2D eigenvalue weighted by molar-refractivity contribution is 9.10. The third-order valence-electron chi connectivity index (χ3n) is 3.15. The second kappa shape index (κ2) is 7.36. The van der Waals surface area contributed by atoms with Crippen molar-refractivity contribution in [2.24, 2.45) is 0 Å². The molecule has 0 heterocycles. The predicted octanol–water partition coefficient (Wildman–Crippen LogP) is 2.93. The smallest absolute Gasteiger partial charge is 0.335 e. The van der Waals surface area contributed by atoms with Crippen LogP contribution in [0.15, 0.2) is 46.9 Å². The van der Waals surface area contributed by atoms with E-state index in [1.54, 1.807) is 18.2 Å². The Labute approximate surface area is 131 Å². The summed E-state index contributed by atoms with van der Waals surface area (Å²) in [7, 11) is 0. The van der Waals surface area contributed by atoms with E-state index in [0.29, 0.717) is 13.1 Å². The van der Waals surface area contributed by atoms with E-state index in [2.05, 4.69) is 21.2 Å². The predicted molar refractivity (Wildman–Crippen MR) is 84.0 cm³/mol. The molecule has 0 radical (unpaired) electrons. The number of benzene rings is 2. The first kappa shape index (κ1) is 15.7. The van der Waals surface area contributed by atoms with Crippen molar-refractivity contribution in [1.82, 2.24) is 5.32 Å². The van der Waals surface area contributed by atoms with Crippen molar-refractivity contribution in [3.8, 4) is 0 Å². The van der Waals surface area contributed by atoms with Crippen LogP contribution < -0.4 is 5.32 Å². The van der Waals surface area contributed by atoms with E-state index in [4.69, 9.17) is 10.2 Å². The zero-order chi connectivity index (χ0) is 15.2. The third-order valence-corrected chi connectivity index (χ3v) is 3.89. The molecule has 0 aliphatic rings. The van der Waals surface area contributed by atoms with Crippen LogP contribution in [0.2, 0.25) is 0 Å². The molecular weight excluding hydrogens is 334 g/mol. The van der Waals surface area contributed by atoms with Crippen molar-refractivity contribution in [1.29, 1.82) is 0 Å². The van der Waals surface area contributed by atoms with E-state index in [9.17, 15) is 4.79 Å². The molecule has 0 aliphatic heterocycles. The average molecular weight is 350 g/mol. The van der Waals surface area contributed by atoms with Crippen LogP contribution in [0.4, 0.5) is 0 Å². The van der Waals surface area contributed by atoms with E-state index >= 15 is 0 Å². The van der Waals surface area contributed by atoms with Gasteiger partial charge in [0.25, 0.3) is 0 Å². The number of hydrogen-bond donors (Lipinski definition) is 3. The Hall–Kier alpha value is -1.69. The molecule has 0 unspecified atom stereocenters. The van der Waals surface area contributed by atoms with Gasteiger partial charge in [-0.25, -0.2) is 4.79 Å². The normalized spacial score (nSPS) is 10.6. The van der Waals surface area contributed by atoms with Crippen molar-refractivity contribution in [2.75, 3.05) is 0 Å². The monoisotopic (exact) mass is 349 g/mol. The summed E-state index contributed by atoms with van der Waals surface area (Å²) in [4.78, 5) is 10.9. The number of aliphatic hydroxyl groups excluding tert-OH is 1. The highest BCUT2D eigenvalue weighted by Crippen LogP contribution is 2.19. The van der Waals surface area contributed by atoms with Gasteiger partial charge in [0.2, 0.25) is 0 Å². The zero-order valence-corrected chi connectivity index (χ0v) is 12.9. The van der Waals surface area contributed by atoms with E-state index < -0.39 is 5.97 Å². The summed E-state index contributed by atoms with van der Waals surface area (Å²) in [6.07, 6.45) is 0. The molecule has 2 aromatic carbocycles. The molecule has 0 aliphatic carbocycles. The Morgan fingerprint density at radius 2 is 1.71 bits per heavy atom. The van der Waals surface area contributed by atoms with Gasteiger partial charge in [0.1, 0.15) is 0 Å². The van der Waals surface area contributed by atoms with Gasteiger partial charge < -0.3 is 15.5 Å². The molecule has 5 heteroatoms. The van der Waals surface area contributed by atoms with E-state index in [0.717, 1.165) is 21.2 Å². The molecule has 2 aromatic rings. The largest absolute Gasteiger partial charge is 0.478 e. The number of carboxylic acid groups (broad SMARTS) is 1. The van der Waals surface area contributed by atoms with Crippen molar-refractivity contribution in [3.05, 3.63) is 69.2 Å². The molecule has 0 bridgehead atoms. The number of halogens is 1. The van der Waals surface area contributed by atoms with Crippen LogP contribution >= 0.6 is 15.9 Å². The number of aliphatic hydroxyl groups is 1. The van der Waals surface area contributed by atoms with Crippen LogP contribution in [-0.4, -0.2) is 16.2 Å². The van der Waals surface area contributed by atoms with E-state index in [1.165, 1.54) is 0 Å². The number of aromatic carboxylic acids is 1. The third kappa shape index (κ3) is 4.39. The highest BCUT2D eigenvalue weighted by Gasteiger charge is 2.06. The molecule has 2 rings (SSSR count). The molecule has 4 nitrogen and oxygen atoms in total. The van der Waals surface area contributed by atoms with Gasteiger partial charge in [-0.15, -0.1) is 0 Å². The molecule has 0 fully saturated rings. The zero-order valence-electron chi connectivity index (χ0n) is 11.3. The summed E-state index contributed by atoms with van der Waals surface area (Å²) in [6.45, 7) is 1.40. The summed E-state index contributed by atoms with van der Waals surface area (Å²) in [6, 6.07) is 12.7. The van der Waals surface area contributed by atoms with Gasteiger partial charge >= 0.3 is 5.97 Å². The molecule has 0 saturated heterocycles. The minimum atomic E-state index is -0.931. The van der Waals surface area contributed by atoms with Gasteiger partial charge in [-0.05, 0) is 28.8 Å². The number of carbonyl (C=O) groups is 1. The van der Waals surface area contributed by atoms with Crippen molar-refractivity contribution >= 4 is 21.9 Å². The molecule has 0 saturated carbocycles. The van der Waals surface area contributed by atoms with Crippen LogP contribution in [-0.2, 0) is 19.7 Å². The maximum atomic E-state index is 10.9. The SMILES string of the molecule is O=C(O)c1ccc(CNCc2ccc(CO)cc2)c(Br)c1. The van der Waals surface area contributed by atoms with Gasteiger partial charge in [0.05, 0.1) is 12.2 Å². The Morgan fingerprint density at radius 3 is 2.29 bits per heavy atom. The molecule has 0 amide bonds. The maximum absolute atomic E-state index is 10.9. The Bertz CT molecular complexity index is 626. The van der Waals surface area contributed by atoms with Gasteiger partial charge in [-0.3, -0.25) is 0 Å². The van der Waals surface area contributed by atoms with Gasteiger partial charge in [-0.2, -0.15) is 0 Å². The topological polar surface area (TPSA) is 69.6 Å². The standard InChI is InChI=1S/C16H16BrNO3/c17-15-7-13(16(20)21)5-6-14(15)9-18-8-11-1-3-12(10-19)4-2-11/h1-7,18-19H,8-10H2,(H,20,21). The first-order valence-electron chi connectivity index (χ1n) is 6.51. The van der Waals surface area contributed by atoms with Crippen LogP contribution in [0.25, 0.3) is 0 Å². The highest BCUT2D eigenvalue weighted by atomic mass is 79.9. The van der Waals surface area contributed by atoms with Gasteiger partial charge in [0.15, 0.2) is 0 Å². The van der Waals surface area contributed by atoms with Crippen LogP contribution in [0.1, 0.15) is 27.0 Å². The summed E-state index contributed by atoms with van der Waals surface area (Å²) >= 11 is 3.39. The minimum Gasteiger partial charge on any atom is -0.478 e. The summed E-state index contributed by atoms with van der Waals surface area (Å²) in [5.74, 6) is -0.931. The lowest BCUT2D eigenvalue weighted by Gasteiger charge is -2.08. The summed E-state index contributed by atoms with van der Waals surface area (Å²) < 4.78 is 0.783. The first-order valence-corrected chi connectivity index (χ1v) is 7.30.